The molecule has 3 heteroatoms. The van der Waals surface area contributed by atoms with Crippen LogP contribution in [0.1, 0.15) is 25.0 Å². The maximum absolute atomic E-state index is 5.66. The summed E-state index contributed by atoms with van der Waals surface area (Å²) in [5.41, 5.74) is 1.05. The third-order valence-electron chi connectivity index (χ3n) is 2.87. The van der Waals surface area contributed by atoms with E-state index in [-0.39, 0.29) is 0 Å². The minimum Gasteiger partial charge on any atom is -0.492 e. The highest BCUT2D eigenvalue weighted by Crippen LogP contribution is 2.26. The van der Waals surface area contributed by atoms with E-state index >= 15 is 0 Å². The molecule has 82 valence electrons. The van der Waals surface area contributed by atoms with Crippen LogP contribution in [0.5, 0.6) is 5.75 Å². The van der Waals surface area contributed by atoms with Crippen molar-refractivity contribution in [3.8, 4) is 5.75 Å². The van der Waals surface area contributed by atoms with Gasteiger partial charge in [0.2, 0.25) is 0 Å². The van der Waals surface area contributed by atoms with E-state index in [1.54, 1.807) is 0 Å². The molecule has 0 amide bonds. The molecule has 1 aromatic heterocycles. The summed E-state index contributed by atoms with van der Waals surface area (Å²) in [5, 5.41) is 3.07. The summed E-state index contributed by atoms with van der Waals surface area (Å²) in [6.45, 7) is 1.66. The van der Waals surface area contributed by atoms with Crippen molar-refractivity contribution in [3.63, 3.8) is 0 Å². The quantitative estimate of drug-likeness (QED) is 0.800. The van der Waals surface area contributed by atoms with E-state index in [9.17, 15) is 0 Å². The first kappa shape index (κ1) is 10.4. The molecule has 1 heterocycles. The third-order valence-corrected chi connectivity index (χ3v) is 2.87. The fourth-order valence-corrected chi connectivity index (χ4v) is 1.66. The fourth-order valence-electron chi connectivity index (χ4n) is 1.66. The maximum atomic E-state index is 5.66. The highest BCUT2D eigenvalue weighted by molar-refractivity contribution is 5.19. The lowest BCUT2D eigenvalue weighted by Crippen LogP contribution is -2.19. The highest BCUT2D eigenvalue weighted by Gasteiger charge is 2.17. The number of hydrogen-bond donors (Lipinski definition) is 1. The standard InChI is InChI=1S/C12H18N2O/c1-13-7-11-5-6-12(8-14-11)15-9-10-3-2-4-10/h5-6,8,10,13H,2-4,7,9H2,1H3. The predicted octanol–water partition coefficient (Wildman–Crippen LogP) is 1.98. The fraction of sp³-hybridized carbons (Fsp3) is 0.583. The number of nitrogens with zero attached hydrogens (tertiary/aromatic N) is 1. The number of pyridine rings is 1. The normalized spacial score (nSPS) is 16.1. The maximum Gasteiger partial charge on any atom is 0.137 e. The Morgan fingerprint density at radius 1 is 1.47 bits per heavy atom. The molecule has 2 rings (SSSR count). The van der Waals surface area contributed by atoms with Gasteiger partial charge in [-0.2, -0.15) is 0 Å². The largest absolute Gasteiger partial charge is 0.492 e. The second-order valence-electron chi connectivity index (χ2n) is 4.12. The lowest BCUT2D eigenvalue weighted by Gasteiger charge is -2.24. The van der Waals surface area contributed by atoms with E-state index in [1.807, 2.05) is 25.4 Å². The summed E-state index contributed by atoms with van der Waals surface area (Å²) in [7, 11) is 1.92. The first-order valence-electron chi connectivity index (χ1n) is 5.61. The average Bonchev–Trinajstić information content (AvgIpc) is 2.19. The summed E-state index contributed by atoms with van der Waals surface area (Å²) in [4.78, 5) is 4.30. The van der Waals surface area contributed by atoms with E-state index in [0.717, 1.165) is 30.5 Å². The monoisotopic (exact) mass is 206 g/mol. The molecular formula is C12H18N2O. The number of aromatic nitrogens is 1. The first-order valence-corrected chi connectivity index (χ1v) is 5.61. The van der Waals surface area contributed by atoms with Gasteiger partial charge in [-0.1, -0.05) is 6.42 Å². The average molecular weight is 206 g/mol. The molecule has 1 saturated carbocycles. The van der Waals surface area contributed by atoms with Crippen LogP contribution in [0.2, 0.25) is 0 Å². The van der Waals surface area contributed by atoms with E-state index in [2.05, 4.69) is 10.3 Å². The van der Waals surface area contributed by atoms with Crippen molar-refractivity contribution in [2.24, 2.45) is 5.92 Å². The van der Waals surface area contributed by atoms with Gasteiger partial charge in [-0.15, -0.1) is 0 Å². The van der Waals surface area contributed by atoms with Gasteiger partial charge in [0.15, 0.2) is 0 Å². The van der Waals surface area contributed by atoms with Gasteiger partial charge >= 0.3 is 0 Å². The highest BCUT2D eigenvalue weighted by atomic mass is 16.5. The molecule has 0 aliphatic heterocycles. The van der Waals surface area contributed by atoms with Gasteiger partial charge in [0, 0.05) is 6.54 Å². The van der Waals surface area contributed by atoms with Gasteiger partial charge < -0.3 is 10.1 Å². The molecule has 0 unspecified atom stereocenters. The summed E-state index contributed by atoms with van der Waals surface area (Å²) < 4.78 is 5.66. The van der Waals surface area contributed by atoms with E-state index in [1.165, 1.54) is 19.3 Å². The summed E-state index contributed by atoms with van der Waals surface area (Å²) in [6.07, 6.45) is 5.83. The Balaban J connectivity index is 1.80. The van der Waals surface area contributed by atoms with Crippen molar-refractivity contribution in [2.45, 2.75) is 25.8 Å². The molecule has 0 bridgehead atoms. The lowest BCUT2D eigenvalue weighted by atomic mass is 9.86. The van der Waals surface area contributed by atoms with Crippen molar-refractivity contribution >= 4 is 0 Å². The molecule has 0 aromatic carbocycles. The molecule has 0 atom stereocenters. The lowest BCUT2D eigenvalue weighted by molar-refractivity contribution is 0.180. The van der Waals surface area contributed by atoms with E-state index in [4.69, 9.17) is 4.74 Å². The van der Waals surface area contributed by atoms with Crippen LogP contribution in [-0.2, 0) is 6.54 Å². The van der Waals surface area contributed by atoms with Crippen LogP contribution in [-0.4, -0.2) is 18.6 Å². The summed E-state index contributed by atoms with van der Waals surface area (Å²) in [5.74, 6) is 1.67. The zero-order chi connectivity index (χ0) is 10.5. The van der Waals surface area contributed by atoms with E-state index < -0.39 is 0 Å². The van der Waals surface area contributed by atoms with Crippen LogP contribution in [0.15, 0.2) is 18.3 Å². The minimum atomic E-state index is 0.780. The number of ether oxygens (including phenoxy) is 1. The Morgan fingerprint density at radius 3 is 2.87 bits per heavy atom. The second kappa shape index (κ2) is 5.12. The molecule has 15 heavy (non-hydrogen) atoms. The van der Waals surface area contributed by atoms with Gasteiger partial charge in [-0.3, -0.25) is 4.98 Å². The van der Waals surface area contributed by atoms with Crippen molar-refractivity contribution < 1.29 is 4.74 Å². The Morgan fingerprint density at radius 2 is 2.33 bits per heavy atom. The first-order chi connectivity index (χ1) is 7.38. The smallest absolute Gasteiger partial charge is 0.137 e. The SMILES string of the molecule is CNCc1ccc(OCC2CCC2)cn1. The number of nitrogens with one attached hydrogen (secondary N) is 1. The van der Waals surface area contributed by atoms with Crippen LogP contribution in [0.3, 0.4) is 0 Å². The molecule has 1 aliphatic carbocycles. The van der Waals surface area contributed by atoms with Gasteiger partial charge in [-0.25, -0.2) is 0 Å². The molecular weight excluding hydrogens is 188 g/mol. The molecule has 0 spiro atoms. The zero-order valence-electron chi connectivity index (χ0n) is 9.20. The van der Waals surface area contributed by atoms with Crippen molar-refractivity contribution in [1.82, 2.24) is 10.3 Å². The zero-order valence-corrected chi connectivity index (χ0v) is 9.20. The molecule has 1 aromatic rings. The molecule has 1 aliphatic rings. The van der Waals surface area contributed by atoms with Crippen molar-refractivity contribution in [3.05, 3.63) is 24.0 Å². The number of rotatable bonds is 5. The molecule has 0 radical (unpaired) electrons. The third kappa shape index (κ3) is 2.93. The Bertz CT molecular complexity index is 293. The Labute approximate surface area is 90.9 Å². The van der Waals surface area contributed by atoms with Crippen LogP contribution >= 0.6 is 0 Å². The molecule has 1 fully saturated rings. The predicted molar refractivity (Wildman–Crippen MR) is 59.8 cm³/mol. The van der Waals surface area contributed by atoms with Crippen molar-refractivity contribution in [1.29, 1.82) is 0 Å². The number of hydrogen-bond acceptors (Lipinski definition) is 3. The van der Waals surface area contributed by atoms with Crippen LogP contribution in [0.25, 0.3) is 0 Å². The second-order valence-corrected chi connectivity index (χ2v) is 4.12. The van der Waals surface area contributed by atoms with Crippen LogP contribution < -0.4 is 10.1 Å². The Kier molecular flexibility index (Phi) is 3.56. The van der Waals surface area contributed by atoms with Gasteiger partial charge in [-0.05, 0) is 37.9 Å². The topological polar surface area (TPSA) is 34.1 Å². The molecule has 1 N–H and O–H groups in total. The van der Waals surface area contributed by atoms with Crippen LogP contribution in [0, 0.1) is 5.92 Å². The Hall–Kier alpha value is -1.09. The summed E-state index contributed by atoms with van der Waals surface area (Å²) >= 11 is 0. The molecule has 0 saturated heterocycles. The van der Waals surface area contributed by atoms with E-state index in [0.29, 0.717) is 0 Å². The summed E-state index contributed by atoms with van der Waals surface area (Å²) in [6, 6.07) is 4.00. The van der Waals surface area contributed by atoms with Crippen LogP contribution in [0.4, 0.5) is 0 Å². The minimum absolute atomic E-state index is 0.780. The molecule has 3 nitrogen and oxygen atoms in total. The van der Waals surface area contributed by atoms with Gasteiger partial charge in [0.1, 0.15) is 5.75 Å². The van der Waals surface area contributed by atoms with Gasteiger partial charge in [0.05, 0.1) is 18.5 Å². The van der Waals surface area contributed by atoms with Gasteiger partial charge in [0.25, 0.3) is 0 Å². The van der Waals surface area contributed by atoms with Crippen molar-refractivity contribution in [2.75, 3.05) is 13.7 Å².